The highest BCUT2D eigenvalue weighted by Crippen LogP contribution is 2.37. The molecule has 0 saturated heterocycles. The lowest BCUT2D eigenvalue weighted by molar-refractivity contribution is 0.528. The van der Waals surface area contributed by atoms with Gasteiger partial charge in [0.05, 0.1) is 21.5 Å². The summed E-state index contributed by atoms with van der Waals surface area (Å²) in [5, 5.41) is 9.81. The highest BCUT2D eigenvalue weighted by Gasteiger charge is 2.28. The Morgan fingerprint density at radius 3 is 2.86 bits per heavy atom. The summed E-state index contributed by atoms with van der Waals surface area (Å²) in [6.07, 6.45) is 3.05. The molecule has 0 unspecified atom stereocenters. The van der Waals surface area contributed by atoms with Crippen molar-refractivity contribution in [3.63, 3.8) is 0 Å². The molecule has 0 N–H and O–H groups in total. The van der Waals surface area contributed by atoms with Gasteiger partial charge >= 0.3 is 0 Å². The van der Waals surface area contributed by atoms with Crippen LogP contribution in [0.2, 0.25) is 0 Å². The summed E-state index contributed by atoms with van der Waals surface area (Å²) in [4.78, 5) is 20.0. The number of aryl methyl sites for hydroxylation is 2. The number of thioether (sulfide) groups is 1. The highest BCUT2D eigenvalue weighted by atomic mass is 32.2. The zero-order chi connectivity index (χ0) is 20.0. The average molecular weight is 425 g/mol. The molecule has 148 valence electrons. The molecule has 3 aromatic heterocycles. The highest BCUT2D eigenvalue weighted by molar-refractivity contribution is 7.98. The van der Waals surface area contributed by atoms with Crippen molar-refractivity contribution in [3.05, 3.63) is 57.0 Å². The summed E-state index contributed by atoms with van der Waals surface area (Å²) in [5.74, 6) is 1.58. The van der Waals surface area contributed by atoms with E-state index in [9.17, 15) is 4.79 Å². The molecule has 6 nitrogen and oxygen atoms in total. The van der Waals surface area contributed by atoms with Gasteiger partial charge in [-0.05, 0) is 49.9 Å². The molecular formula is C21H20N4O2S2. The van der Waals surface area contributed by atoms with E-state index in [1.807, 2.05) is 28.8 Å². The summed E-state index contributed by atoms with van der Waals surface area (Å²) in [6, 6.07) is 9.86. The SMILES string of the molecule is CCc1sc(-c2nnc(CSc3nc4ccccc4c(=O)n3C3CC3)o2)cc1C. The van der Waals surface area contributed by atoms with E-state index in [1.165, 1.54) is 22.2 Å². The summed E-state index contributed by atoms with van der Waals surface area (Å²) in [6.45, 7) is 4.25. The zero-order valence-electron chi connectivity index (χ0n) is 16.2. The van der Waals surface area contributed by atoms with Crippen LogP contribution in [-0.2, 0) is 12.2 Å². The quantitative estimate of drug-likeness (QED) is 0.320. The minimum atomic E-state index is 0.0352. The lowest BCUT2D eigenvalue weighted by Crippen LogP contribution is -2.22. The Hall–Kier alpha value is -2.45. The fraction of sp³-hybridized carbons (Fsp3) is 0.333. The van der Waals surface area contributed by atoms with Gasteiger partial charge in [-0.3, -0.25) is 9.36 Å². The van der Waals surface area contributed by atoms with Crippen molar-refractivity contribution in [2.75, 3.05) is 0 Å². The van der Waals surface area contributed by atoms with E-state index in [0.29, 0.717) is 22.9 Å². The van der Waals surface area contributed by atoms with Crippen LogP contribution in [0.1, 0.15) is 42.1 Å². The van der Waals surface area contributed by atoms with Gasteiger partial charge in [-0.2, -0.15) is 0 Å². The number of hydrogen-bond acceptors (Lipinski definition) is 7. The maximum Gasteiger partial charge on any atom is 0.262 e. The molecule has 1 saturated carbocycles. The molecule has 0 radical (unpaired) electrons. The van der Waals surface area contributed by atoms with Gasteiger partial charge in [-0.1, -0.05) is 30.8 Å². The van der Waals surface area contributed by atoms with Crippen molar-refractivity contribution in [3.8, 4) is 10.8 Å². The van der Waals surface area contributed by atoms with Gasteiger partial charge in [0.1, 0.15) is 0 Å². The molecule has 1 aliphatic carbocycles. The Morgan fingerprint density at radius 2 is 2.10 bits per heavy atom. The molecule has 1 fully saturated rings. The third kappa shape index (κ3) is 3.51. The third-order valence-electron chi connectivity index (χ3n) is 5.03. The lowest BCUT2D eigenvalue weighted by Gasteiger charge is -2.11. The fourth-order valence-corrected chi connectivity index (χ4v) is 5.33. The molecule has 29 heavy (non-hydrogen) atoms. The van der Waals surface area contributed by atoms with Crippen LogP contribution in [0.25, 0.3) is 21.7 Å². The molecule has 5 rings (SSSR count). The predicted molar refractivity (Wildman–Crippen MR) is 116 cm³/mol. The zero-order valence-corrected chi connectivity index (χ0v) is 17.8. The van der Waals surface area contributed by atoms with Crippen LogP contribution in [-0.4, -0.2) is 19.7 Å². The number of rotatable bonds is 6. The Kier molecular flexibility index (Phi) is 4.75. The molecule has 1 aliphatic rings. The van der Waals surface area contributed by atoms with Gasteiger partial charge in [0, 0.05) is 10.9 Å². The molecule has 4 aromatic rings. The molecule has 0 amide bonds. The van der Waals surface area contributed by atoms with Gasteiger partial charge in [0.2, 0.25) is 5.89 Å². The van der Waals surface area contributed by atoms with E-state index in [-0.39, 0.29) is 11.6 Å². The van der Waals surface area contributed by atoms with Crippen LogP contribution in [0.5, 0.6) is 0 Å². The van der Waals surface area contributed by atoms with Crippen LogP contribution in [0, 0.1) is 6.92 Å². The molecule has 0 bridgehead atoms. The monoisotopic (exact) mass is 424 g/mol. The van der Waals surface area contributed by atoms with Gasteiger partial charge in [-0.25, -0.2) is 4.98 Å². The maximum atomic E-state index is 13.0. The first-order valence-electron chi connectivity index (χ1n) is 9.70. The van der Waals surface area contributed by atoms with Crippen LogP contribution >= 0.6 is 23.1 Å². The number of thiophene rings is 1. The topological polar surface area (TPSA) is 73.8 Å². The molecule has 8 heteroatoms. The van der Waals surface area contributed by atoms with Crippen molar-refractivity contribution < 1.29 is 4.42 Å². The number of nitrogens with zero attached hydrogens (tertiary/aromatic N) is 4. The van der Waals surface area contributed by atoms with E-state index in [4.69, 9.17) is 9.40 Å². The molecule has 1 aromatic carbocycles. The average Bonchev–Trinajstić information content (AvgIpc) is 3.32. The third-order valence-corrected chi connectivity index (χ3v) is 7.34. The van der Waals surface area contributed by atoms with Gasteiger partial charge < -0.3 is 4.42 Å². The van der Waals surface area contributed by atoms with Crippen LogP contribution in [0.15, 0.2) is 44.7 Å². The van der Waals surface area contributed by atoms with Crippen molar-refractivity contribution in [1.29, 1.82) is 0 Å². The van der Waals surface area contributed by atoms with Crippen molar-refractivity contribution in [2.24, 2.45) is 0 Å². The van der Waals surface area contributed by atoms with Crippen LogP contribution in [0.4, 0.5) is 0 Å². The number of hydrogen-bond donors (Lipinski definition) is 0. The van der Waals surface area contributed by atoms with Crippen LogP contribution in [0.3, 0.4) is 0 Å². The van der Waals surface area contributed by atoms with Crippen molar-refractivity contribution in [1.82, 2.24) is 19.7 Å². The summed E-state index contributed by atoms with van der Waals surface area (Å²) in [7, 11) is 0. The fourth-order valence-electron chi connectivity index (χ4n) is 3.40. The normalized spacial score (nSPS) is 14.0. The Balaban J connectivity index is 1.42. The Labute approximate surface area is 176 Å². The van der Waals surface area contributed by atoms with Gasteiger partial charge in [0.25, 0.3) is 11.4 Å². The van der Waals surface area contributed by atoms with E-state index < -0.39 is 0 Å². The van der Waals surface area contributed by atoms with E-state index in [1.54, 1.807) is 11.3 Å². The molecule has 0 spiro atoms. The standard InChI is InChI=1S/C21H20N4O2S2/c1-3-16-12(2)10-17(29-16)19-24-23-18(27-19)11-28-21-22-15-7-5-4-6-14(15)20(26)25(21)13-8-9-13/h4-7,10,13H,3,8-9,11H2,1-2H3. The minimum absolute atomic E-state index is 0.0352. The van der Waals surface area contributed by atoms with E-state index >= 15 is 0 Å². The van der Waals surface area contributed by atoms with Crippen molar-refractivity contribution in [2.45, 2.75) is 50.1 Å². The number of para-hydroxylation sites is 1. The molecule has 0 atom stereocenters. The first-order chi connectivity index (χ1) is 14.1. The Bertz CT molecular complexity index is 1250. The molecule has 3 heterocycles. The second-order valence-corrected chi connectivity index (χ2v) is 9.26. The smallest absolute Gasteiger partial charge is 0.262 e. The van der Waals surface area contributed by atoms with Crippen molar-refractivity contribution >= 4 is 34.0 Å². The first kappa shape index (κ1) is 18.6. The predicted octanol–water partition coefficient (Wildman–Crippen LogP) is 5.01. The maximum absolute atomic E-state index is 13.0. The second-order valence-electron chi connectivity index (χ2n) is 7.18. The largest absolute Gasteiger partial charge is 0.419 e. The van der Waals surface area contributed by atoms with Gasteiger partial charge in [-0.15, -0.1) is 21.5 Å². The minimum Gasteiger partial charge on any atom is -0.419 e. The molecule has 0 aliphatic heterocycles. The van der Waals surface area contributed by atoms with E-state index in [0.717, 1.165) is 34.8 Å². The number of fused-ring (bicyclic) bond motifs is 1. The van der Waals surface area contributed by atoms with Crippen LogP contribution < -0.4 is 5.56 Å². The number of aromatic nitrogens is 4. The molecular weight excluding hydrogens is 404 g/mol. The summed E-state index contributed by atoms with van der Waals surface area (Å²) in [5.41, 5.74) is 2.02. The van der Waals surface area contributed by atoms with Gasteiger partial charge in [0.15, 0.2) is 5.16 Å². The number of benzene rings is 1. The summed E-state index contributed by atoms with van der Waals surface area (Å²) < 4.78 is 7.72. The van der Waals surface area contributed by atoms with E-state index in [2.05, 4.69) is 30.1 Å². The lowest BCUT2D eigenvalue weighted by atomic mass is 10.2. The summed E-state index contributed by atoms with van der Waals surface area (Å²) >= 11 is 3.18. The second kappa shape index (κ2) is 7.42. The first-order valence-corrected chi connectivity index (χ1v) is 11.5. The Morgan fingerprint density at radius 1 is 1.28 bits per heavy atom.